The summed E-state index contributed by atoms with van der Waals surface area (Å²) < 4.78 is 229. The molecule has 0 amide bonds. The van der Waals surface area contributed by atoms with E-state index >= 15 is 0 Å². The van der Waals surface area contributed by atoms with E-state index in [9.17, 15) is 74.6 Å². The van der Waals surface area contributed by atoms with Gasteiger partial charge in [0, 0.05) is 0 Å². The molecule has 0 radical (unpaired) electrons. The summed E-state index contributed by atoms with van der Waals surface area (Å²) in [6, 6.07) is -1.06. The van der Waals surface area contributed by atoms with E-state index in [0.717, 1.165) is 0 Å². The third-order valence-electron chi connectivity index (χ3n) is 4.56. The summed E-state index contributed by atoms with van der Waals surface area (Å²) in [7, 11) is 0. The van der Waals surface area contributed by atoms with Crippen molar-refractivity contribution in [3.8, 4) is 6.01 Å². The maximum absolute atomic E-state index is 14.1. The number of hydrogen-bond donors (Lipinski definition) is 0. The molecule has 0 aliphatic heterocycles. The van der Waals surface area contributed by atoms with Crippen LogP contribution in [0.4, 0.5) is 74.6 Å². The second kappa shape index (κ2) is 11.9. The van der Waals surface area contributed by atoms with Gasteiger partial charge in [0.15, 0.2) is 15.9 Å². The predicted molar refractivity (Wildman–Crippen MR) is 128 cm³/mol. The number of halogens is 23. The first kappa shape index (κ1) is 40.5. The van der Waals surface area contributed by atoms with Crippen molar-refractivity contribution in [1.82, 2.24) is 15.0 Å². The van der Waals surface area contributed by atoms with Crippen LogP contribution in [-0.4, -0.2) is 69.2 Å². The summed E-state index contributed by atoms with van der Waals surface area (Å²) in [4.78, 5) is 10.8. The van der Waals surface area contributed by atoms with Crippen molar-refractivity contribution in [2.24, 2.45) is 0 Å². The average molecular weight is 1040 g/mol. The largest absolute Gasteiger partial charge is 0.463 e. The lowest BCUT2D eigenvalue weighted by Crippen LogP contribution is -2.74. The number of aromatic nitrogens is 3. The van der Waals surface area contributed by atoms with Gasteiger partial charge >= 0.3 is 53.6 Å². The Bertz CT molecular complexity index is 1100. The van der Waals surface area contributed by atoms with Crippen LogP contribution in [0.25, 0.3) is 0 Å². The Morgan fingerprint density at radius 3 is 1.07 bits per heavy atom. The van der Waals surface area contributed by atoms with Gasteiger partial charge in [0.05, 0.1) is 13.0 Å². The van der Waals surface area contributed by atoms with E-state index in [4.69, 9.17) is 0 Å². The number of nitrogens with zero attached hydrogens (tertiary/aromatic N) is 3. The van der Waals surface area contributed by atoms with Gasteiger partial charge in [-0.1, -0.05) is 95.6 Å². The molecule has 0 aliphatic carbocycles. The van der Waals surface area contributed by atoms with Crippen LogP contribution in [0.1, 0.15) is 18.1 Å². The van der Waals surface area contributed by atoms with E-state index in [1.165, 1.54) is 0 Å². The fourth-order valence-corrected chi connectivity index (χ4v) is 3.36. The van der Waals surface area contributed by atoms with Crippen LogP contribution in [0.5, 0.6) is 6.01 Å². The fourth-order valence-electron chi connectivity index (χ4n) is 2.30. The van der Waals surface area contributed by atoms with Crippen LogP contribution in [0.15, 0.2) is 0 Å². The minimum absolute atomic E-state index is 0.410. The van der Waals surface area contributed by atoms with Crippen LogP contribution in [0, 0.1) is 0 Å². The smallest absolute Gasteiger partial charge is 0.460 e. The molecule has 0 spiro atoms. The van der Waals surface area contributed by atoms with E-state index in [2.05, 4.69) is 115 Å². The maximum atomic E-state index is 14.1. The summed E-state index contributed by atoms with van der Waals surface area (Å²) in [5, 5.41) is 0. The van der Waals surface area contributed by atoms with Crippen molar-refractivity contribution in [3.63, 3.8) is 0 Å². The minimum Gasteiger partial charge on any atom is -0.463 e. The highest BCUT2D eigenvalue weighted by molar-refractivity contribution is 9.39. The number of ether oxygens (including phenoxy) is 1. The normalized spacial score (nSPS) is 15.7. The molecule has 4 nitrogen and oxygen atoms in total. The minimum atomic E-state index is -8.70. The molecule has 0 atom stereocenters. The first-order valence-corrected chi connectivity index (χ1v) is 14.0. The monoisotopic (exact) mass is 1040 g/mol. The van der Waals surface area contributed by atoms with E-state index in [1.807, 2.05) is 0 Å². The number of rotatable bonds is 10. The molecule has 0 aliphatic rings. The molecule has 1 aromatic rings. The standard InChI is InChI=1S/C15H4Br6F17N3O/c16-7(17,18)3-39-4(8(19,20)21)41-5(40-3)42-2-1-6(22,23)9(24,25)10(26,27)11(28,29)12(30,31)13(32,33)14(34,35)15(36,37)38/h1-2H2. The first-order valence-electron chi connectivity index (χ1n) is 9.28. The van der Waals surface area contributed by atoms with Gasteiger partial charge in [-0.15, -0.1) is 0 Å². The van der Waals surface area contributed by atoms with Gasteiger partial charge in [-0.2, -0.15) is 84.6 Å². The molecule has 0 saturated heterocycles. The quantitative estimate of drug-likeness (QED) is 0.173. The molecule has 0 saturated carbocycles. The van der Waals surface area contributed by atoms with Crippen molar-refractivity contribution in [3.05, 3.63) is 11.6 Å². The molecule has 1 heterocycles. The SMILES string of the molecule is FC(F)(F)C(F)(F)C(F)(F)C(F)(F)C(F)(F)C(F)(F)C(F)(F)C(F)(F)CCOc1nc(C(Br)(Br)Br)nc(C(Br)(Br)Br)n1. The molecule has 0 N–H and O–H groups in total. The Morgan fingerprint density at radius 1 is 0.452 bits per heavy atom. The third-order valence-corrected chi connectivity index (χ3v) is 6.68. The summed E-state index contributed by atoms with van der Waals surface area (Å²) in [5.74, 6) is -57.8. The van der Waals surface area contributed by atoms with Gasteiger partial charge in [0.1, 0.15) is 0 Å². The average Bonchev–Trinajstić information content (AvgIpc) is 2.76. The topological polar surface area (TPSA) is 47.9 Å². The zero-order chi connectivity index (χ0) is 34.0. The second-order valence-corrected chi connectivity index (χ2v) is 21.0. The summed E-state index contributed by atoms with van der Waals surface area (Å²) in [6.07, 6.45) is -10.6. The highest BCUT2D eigenvalue weighted by Gasteiger charge is 2.95. The van der Waals surface area contributed by atoms with Crippen molar-refractivity contribution in [2.45, 2.75) is 58.3 Å². The lowest BCUT2D eigenvalue weighted by atomic mass is 9.88. The molecule has 0 unspecified atom stereocenters. The van der Waals surface area contributed by atoms with Gasteiger partial charge in [0.25, 0.3) is 0 Å². The third kappa shape index (κ3) is 7.08. The van der Waals surface area contributed by atoms with Crippen LogP contribution in [-0.2, 0) is 4.29 Å². The first-order chi connectivity index (χ1) is 18.0. The molecule has 1 aromatic heterocycles. The van der Waals surface area contributed by atoms with Gasteiger partial charge in [0.2, 0.25) is 0 Å². The van der Waals surface area contributed by atoms with Gasteiger partial charge in [-0.3, -0.25) is 0 Å². The summed E-state index contributed by atoms with van der Waals surface area (Å²) in [5.41, 5.74) is 0. The van der Waals surface area contributed by atoms with Crippen molar-refractivity contribution < 1.29 is 79.4 Å². The predicted octanol–water partition coefficient (Wildman–Crippen LogP) is 10.2. The van der Waals surface area contributed by atoms with Crippen molar-refractivity contribution >= 4 is 95.6 Å². The molecule has 1 rings (SSSR count). The molecular weight excluding hydrogens is 1040 g/mol. The molecule has 27 heteroatoms. The van der Waals surface area contributed by atoms with E-state index < -0.39 is 82.6 Å². The molecule has 0 fully saturated rings. The van der Waals surface area contributed by atoms with E-state index in [0.29, 0.717) is 0 Å². The Hall–Kier alpha value is 0.500. The van der Waals surface area contributed by atoms with Crippen LogP contribution in [0.3, 0.4) is 0 Å². The fraction of sp³-hybridized carbons (Fsp3) is 0.800. The highest BCUT2D eigenvalue weighted by Crippen LogP contribution is 2.64. The van der Waals surface area contributed by atoms with Crippen LogP contribution < -0.4 is 4.74 Å². The molecule has 0 aromatic carbocycles. The molecule has 0 bridgehead atoms. The molecular formula is C15H4Br6F17N3O. The van der Waals surface area contributed by atoms with E-state index in [1.54, 1.807) is 0 Å². The van der Waals surface area contributed by atoms with Crippen molar-refractivity contribution in [2.75, 3.05) is 6.61 Å². The Labute approximate surface area is 271 Å². The zero-order valence-electron chi connectivity index (χ0n) is 18.4. The van der Waals surface area contributed by atoms with Crippen LogP contribution in [0.2, 0.25) is 0 Å². The lowest BCUT2D eigenvalue weighted by molar-refractivity contribution is -0.461. The summed E-state index contributed by atoms with van der Waals surface area (Å²) >= 11 is 17.5. The van der Waals surface area contributed by atoms with Gasteiger partial charge < -0.3 is 4.74 Å². The van der Waals surface area contributed by atoms with Gasteiger partial charge in [-0.25, -0.2) is 4.98 Å². The lowest BCUT2D eigenvalue weighted by Gasteiger charge is -2.42. The van der Waals surface area contributed by atoms with Gasteiger partial charge in [-0.05, 0) is 0 Å². The Morgan fingerprint density at radius 2 is 0.762 bits per heavy atom. The Balaban J connectivity index is 3.43. The maximum Gasteiger partial charge on any atom is 0.460 e. The van der Waals surface area contributed by atoms with Crippen molar-refractivity contribution in [1.29, 1.82) is 0 Å². The molecule has 42 heavy (non-hydrogen) atoms. The number of alkyl halides is 23. The van der Waals surface area contributed by atoms with Crippen LogP contribution >= 0.6 is 95.6 Å². The Kier molecular flexibility index (Phi) is 11.5. The second-order valence-electron chi connectivity index (χ2n) is 7.51. The zero-order valence-corrected chi connectivity index (χ0v) is 27.9. The van der Waals surface area contributed by atoms with E-state index in [-0.39, 0.29) is 0 Å². The highest BCUT2D eigenvalue weighted by atomic mass is 80.0. The molecule has 246 valence electrons. The number of hydrogen-bond acceptors (Lipinski definition) is 4. The summed E-state index contributed by atoms with van der Waals surface area (Å²) in [6.45, 7) is -1.94.